The number of nitrogens with one attached hydrogen (secondary N) is 1. The first-order valence-corrected chi connectivity index (χ1v) is 7.62. The fourth-order valence-corrected chi connectivity index (χ4v) is 2.71. The fraction of sp³-hybridized carbons (Fsp3) is 0.312. The third-order valence-electron chi connectivity index (χ3n) is 2.93. The second-order valence-electron chi connectivity index (χ2n) is 4.59. The largest absolute Gasteiger partial charge is 0.494 e. The third-order valence-corrected chi connectivity index (χ3v) is 4.00. The summed E-state index contributed by atoms with van der Waals surface area (Å²) in [5.74, 6) is 1.27. The number of thiophene rings is 1. The molecule has 1 heterocycles. The number of aryl methyl sites for hydroxylation is 2. The van der Waals surface area contributed by atoms with Crippen molar-refractivity contribution in [2.75, 3.05) is 18.5 Å². The Bertz CT molecular complexity index is 585. The summed E-state index contributed by atoms with van der Waals surface area (Å²) in [6, 6.07) is 9.19. The van der Waals surface area contributed by atoms with Crippen LogP contribution in [0.4, 0.5) is 5.00 Å². The van der Waals surface area contributed by atoms with E-state index in [1.54, 1.807) is 23.5 Å². The van der Waals surface area contributed by atoms with Gasteiger partial charge in [0, 0.05) is 4.88 Å². The van der Waals surface area contributed by atoms with Crippen LogP contribution in [0.2, 0.25) is 0 Å². The molecule has 0 atom stereocenters. The van der Waals surface area contributed by atoms with Gasteiger partial charge in [-0.1, -0.05) is 0 Å². The molecule has 0 bridgehead atoms. The first-order chi connectivity index (χ1) is 10.1. The normalized spacial score (nSPS) is 10.2. The van der Waals surface area contributed by atoms with E-state index in [0.29, 0.717) is 12.4 Å². The molecule has 5 heteroatoms. The van der Waals surface area contributed by atoms with Gasteiger partial charge in [0.05, 0.1) is 11.6 Å². The third kappa shape index (κ3) is 4.49. The maximum atomic E-state index is 11.8. The molecule has 112 valence electrons. The molecule has 0 unspecified atom stereocenters. The summed E-state index contributed by atoms with van der Waals surface area (Å²) in [7, 11) is 0. The van der Waals surface area contributed by atoms with Crippen molar-refractivity contribution in [3.05, 3.63) is 40.8 Å². The van der Waals surface area contributed by atoms with Crippen LogP contribution in [-0.2, 0) is 4.79 Å². The zero-order chi connectivity index (χ0) is 15.2. The Morgan fingerprint density at radius 3 is 2.29 bits per heavy atom. The zero-order valence-corrected chi connectivity index (χ0v) is 13.3. The average molecular weight is 305 g/mol. The van der Waals surface area contributed by atoms with Crippen molar-refractivity contribution < 1.29 is 14.3 Å². The lowest BCUT2D eigenvalue weighted by Gasteiger charge is -2.07. The van der Waals surface area contributed by atoms with E-state index in [9.17, 15) is 4.79 Å². The lowest BCUT2D eigenvalue weighted by molar-refractivity contribution is -0.118. The van der Waals surface area contributed by atoms with Crippen LogP contribution in [0.25, 0.3) is 0 Å². The summed E-state index contributed by atoms with van der Waals surface area (Å²) in [6.07, 6.45) is 0. The van der Waals surface area contributed by atoms with Crippen molar-refractivity contribution in [3.8, 4) is 11.5 Å². The first kappa shape index (κ1) is 15.4. The molecule has 2 rings (SSSR count). The molecule has 0 aliphatic heterocycles. The Hall–Kier alpha value is -2.01. The number of carbonyl (C=O) groups is 1. The molecule has 0 aliphatic carbocycles. The van der Waals surface area contributed by atoms with E-state index in [4.69, 9.17) is 9.47 Å². The lowest BCUT2D eigenvalue weighted by Crippen LogP contribution is -2.19. The zero-order valence-electron chi connectivity index (χ0n) is 12.4. The Morgan fingerprint density at radius 2 is 1.76 bits per heavy atom. The average Bonchev–Trinajstić information content (AvgIpc) is 2.77. The van der Waals surface area contributed by atoms with Gasteiger partial charge in [0.2, 0.25) is 0 Å². The van der Waals surface area contributed by atoms with Gasteiger partial charge >= 0.3 is 0 Å². The number of amides is 1. The standard InChI is InChI=1S/C16H19NO3S/c1-4-19-13-5-7-14(8-6-13)20-10-15(18)17-16-9-11(2)12(3)21-16/h5-9H,4,10H2,1-3H3,(H,17,18). The molecular weight excluding hydrogens is 286 g/mol. The van der Waals surface area contributed by atoms with Gasteiger partial charge < -0.3 is 14.8 Å². The number of anilines is 1. The Morgan fingerprint density at radius 1 is 1.14 bits per heavy atom. The van der Waals surface area contributed by atoms with Crippen molar-refractivity contribution in [1.82, 2.24) is 0 Å². The van der Waals surface area contributed by atoms with E-state index in [1.807, 2.05) is 39.0 Å². The molecule has 2 aromatic rings. The van der Waals surface area contributed by atoms with Crippen molar-refractivity contribution >= 4 is 22.2 Å². The second-order valence-corrected chi connectivity index (χ2v) is 5.85. The maximum Gasteiger partial charge on any atom is 0.262 e. The van der Waals surface area contributed by atoms with E-state index < -0.39 is 0 Å². The molecule has 0 radical (unpaired) electrons. The van der Waals surface area contributed by atoms with Crippen LogP contribution in [0.5, 0.6) is 11.5 Å². The number of hydrogen-bond donors (Lipinski definition) is 1. The van der Waals surface area contributed by atoms with Crippen LogP contribution in [0, 0.1) is 13.8 Å². The lowest BCUT2D eigenvalue weighted by atomic mass is 10.3. The number of rotatable bonds is 6. The van der Waals surface area contributed by atoms with Crippen LogP contribution >= 0.6 is 11.3 Å². The number of carbonyl (C=O) groups excluding carboxylic acids is 1. The number of benzene rings is 1. The highest BCUT2D eigenvalue weighted by molar-refractivity contribution is 7.16. The highest BCUT2D eigenvalue weighted by Gasteiger charge is 2.07. The minimum Gasteiger partial charge on any atom is -0.494 e. The number of hydrogen-bond acceptors (Lipinski definition) is 4. The number of ether oxygens (including phenoxy) is 2. The maximum absolute atomic E-state index is 11.8. The van der Waals surface area contributed by atoms with Crippen LogP contribution < -0.4 is 14.8 Å². The van der Waals surface area contributed by atoms with E-state index in [2.05, 4.69) is 5.32 Å². The Kier molecular flexibility index (Phi) is 5.22. The summed E-state index contributed by atoms with van der Waals surface area (Å²) in [5, 5.41) is 3.69. The van der Waals surface area contributed by atoms with E-state index >= 15 is 0 Å². The topological polar surface area (TPSA) is 47.6 Å². The highest BCUT2D eigenvalue weighted by atomic mass is 32.1. The van der Waals surface area contributed by atoms with Crippen LogP contribution in [0.15, 0.2) is 30.3 Å². The first-order valence-electron chi connectivity index (χ1n) is 6.81. The van der Waals surface area contributed by atoms with Gasteiger partial charge in [-0.25, -0.2) is 0 Å². The monoisotopic (exact) mass is 305 g/mol. The molecule has 0 saturated heterocycles. The van der Waals surface area contributed by atoms with Crippen LogP contribution in [-0.4, -0.2) is 19.1 Å². The summed E-state index contributed by atoms with van der Waals surface area (Å²) in [6.45, 7) is 6.61. The smallest absolute Gasteiger partial charge is 0.262 e. The molecule has 4 nitrogen and oxygen atoms in total. The molecule has 0 saturated carbocycles. The van der Waals surface area contributed by atoms with E-state index in [1.165, 1.54) is 10.4 Å². The van der Waals surface area contributed by atoms with Gasteiger partial charge in [-0.2, -0.15) is 0 Å². The summed E-state index contributed by atoms with van der Waals surface area (Å²) >= 11 is 1.57. The molecule has 0 aliphatic rings. The molecule has 1 amide bonds. The molecule has 0 fully saturated rings. The Labute approximate surface area is 128 Å². The van der Waals surface area contributed by atoms with Crippen LogP contribution in [0.3, 0.4) is 0 Å². The minimum atomic E-state index is -0.162. The molecule has 21 heavy (non-hydrogen) atoms. The molecular formula is C16H19NO3S. The van der Waals surface area contributed by atoms with Gasteiger partial charge in [-0.05, 0) is 56.7 Å². The second kappa shape index (κ2) is 7.13. The predicted molar refractivity (Wildman–Crippen MR) is 85.5 cm³/mol. The van der Waals surface area contributed by atoms with Crippen molar-refractivity contribution in [1.29, 1.82) is 0 Å². The van der Waals surface area contributed by atoms with Crippen LogP contribution in [0.1, 0.15) is 17.4 Å². The van der Waals surface area contributed by atoms with Gasteiger partial charge in [-0.3, -0.25) is 4.79 Å². The van der Waals surface area contributed by atoms with Crippen molar-refractivity contribution in [3.63, 3.8) is 0 Å². The van der Waals surface area contributed by atoms with Crippen molar-refractivity contribution in [2.45, 2.75) is 20.8 Å². The SMILES string of the molecule is CCOc1ccc(OCC(=O)Nc2cc(C)c(C)s2)cc1. The fourth-order valence-electron chi connectivity index (χ4n) is 1.76. The van der Waals surface area contributed by atoms with Gasteiger partial charge in [-0.15, -0.1) is 11.3 Å². The Balaban J connectivity index is 1.83. The van der Waals surface area contributed by atoms with Crippen molar-refractivity contribution in [2.24, 2.45) is 0 Å². The quantitative estimate of drug-likeness (QED) is 0.883. The summed E-state index contributed by atoms with van der Waals surface area (Å²) < 4.78 is 10.8. The molecule has 1 aromatic carbocycles. The highest BCUT2D eigenvalue weighted by Crippen LogP contribution is 2.25. The van der Waals surface area contributed by atoms with Gasteiger partial charge in [0.1, 0.15) is 11.5 Å². The van der Waals surface area contributed by atoms with E-state index in [-0.39, 0.29) is 12.5 Å². The predicted octanol–water partition coefficient (Wildman–Crippen LogP) is 3.78. The van der Waals surface area contributed by atoms with E-state index in [0.717, 1.165) is 10.8 Å². The minimum absolute atomic E-state index is 0.00994. The summed E-state index contributed by atoms with van der Waals surface area (Å²) in [5.41, 5.74) is 1.18. The van der Waals surface area contributed by atoms with Gasteiger partial charge in [0.25, 0.3) is 5.91 Å². The molecule has 1 aromatic heterocycles. The molecule has 0 spiro atoms. The molecule has 1 N–H and O–H groups in total. The van der Waals surface area contributed by atoms with Gasteiger partial charge in [0.15, 0.2) is 6.61 Å². The summed E-state index contributed by atoms with van der Waals surface area (Å²) in [4.78, 5) is 13.0.